The summed E-state index contributed by atoms with van der Waals surface area (Å²) in [5, 5.41) is 0. The Morgan fingerprint density at radius 3 is 1.55 bits per heavy atom. The molecule has 5 aliphatic rings. The monoisotopic (exact) mass is 703 g/mol. The second kappa shape index (κ2) is 8.91. The summed E-state index contributed by atoms with van der Waals surface area (Å²) in [4.78, 5) is 10.7. The van der Waals surface area contributed by atoms with E-state index in [1.807, 2.05) is 12.1 Å². The fourth-order valence-corrected chi connectivity index (χ4v) is 10.8. The normalized spacial score (nSPS) is 22.4. The van der Waals surface area contributed by atoms with Crippen molar-refractivity contribution in [1.29, 1.82) is 0 Å². The fraction of sp³-hybridized carbons (Fsp3) is 0.235. The van der Waals surface area contributed by atoms with Gasteiger partial charge in [0, 0.05) is 0 Å². The number of hydrogen-bond donors (Lipinski definition) is 0. The first-order valence-electron chi connectivity index (χ1n) is 14.2. The molecule has 0 spiro atoms. The molecule has 1 aliphatic carbocycles. The van der Waals surface area contributed by atoms with Gasteiger partial charge in [0.2, 0.25) is 0 Å². The van der Waals surface area contributed by atoms with Gasteiger partial charge < -0.3 is 0 Å². The molecule has 4 aromatic rings. The SMILES string of the molecule is [c-]1c2cccc1Oc1[c-]c(ccc1)CN1[C]3=[Pt]=[C]4N(C2)c2ccccc2N4C2CCCCC2N3c2ccccc21. The molecule has 202 valence electrons. The molecule has 6 bridgehead atoms. The molecule has 1 saturated carbocycles. The summed E-state index contributed by atoms with van der Waals surface area (Å²) >= 11 is -0.542. The van der Waals surface area contributed by atoms with E-state index in [0.29, 0.717) is 12.1 Å². The molecule has 0 aromatic heterocycles. The average Bonchev–Trinajstić information content (AvgIpc) is 3.39. The molecule has 40 heavy (non-hydrogen) atoms. The van der Waals surface area contributed by atoms with Crippen LogP contribution in [-0.2, 0) is 30.7 Å². The molecular weight excluding hydrogens is 675 g/mol. The Hall–Kier alpha value is -3.69. The average molecular weight is 704 g/mol. The number of benzene rings is 4. The van der Waals surface area contributed by atoms with E-state index < -0.39 is 17.6 Å². The minimum atomic E-state index is -0.542. The van der Waals surface area contributed by atoms with E-state index in [9.17, 15) is 0 Å². The molecule has 2 atom stereocenters. The number of anilines is 4. The maximum atomic E-state index is 6.32. The molecular formula is C34H28N4OPt-2. The third-order valence-corrected chi connectivity index (χ3v) is 12.0. The van der Waals surface area contributed by atoms with Gasteiger partial charge in [0.15, 0.2) is 0 Å². The summed E-state index contributed by atoms with van der Waals surface area (Å²) in [6.07, 6.45) is 5.01. The Bertz CT molecular complexity index is 1620. The van der Waals surface area contributed by atoms with E-state index in [1.54, 1.807) is 0 Å². The summed E-state index contributed by atoms with van der Waals surface area (Å²) in [5.74, 6) is 1.48. The number of nitrogens with zero attached hydrogens (tertiary/aromatic N) is 4. The van der Waals surface area contributed by atoms with E-state index >= 15 is 0 Å². The first-order valence-corrected chi connectivity index (χ1v) is 16.4. The summed E-state index contributed by atoms with van der Waals surface area (Å²) in [5.41, 5.74) is 7.65. The van der Waals surface area contributed by atoms with E-state index in [0.717, 1.165) is 35.7 Å². The van der Waals surface area contributed by atoms with E-state index in [2.05, 4.69) is 105 Å². The first-order chi connectivity index (χ1) is 19.8. The molecule has 0 saturated heterocycles. The van der Waals surface area contributed by atoms with Gasteiger partial charge in [-0.2, -0.15) is 0 Å². The van der Waals surface area contributed by atoms with Crippen molar-refractivity contribution in [3.63, 3.8) is 0 Å². The van der Waals surface area contributed by atoms with Gasteiger partial charge in [-0.3, -0.25) is 0 Å². The molecule has 5 nitrogen and oxygen atoms in total. The van der Waals surface area contributed by atoms with Crippen LogP contribution in [0.1, 0.15) is 36.8 Å². The Balaban J connectivity index is 1.34. The summed E-state index contributed by atoms with van der Waals surface area (Å²) in [6.45, 7) is 1.56. The van der Waals surface area contributed by atoms with Crippen molar-refractivity contribution in [2.24, 2.45) is 0 Å². The van der Waals surface area contributed by atoms with Crippen LogP contribution in [0.5, 0.6) is 11.5 Å². The number of hydrogen-bond acceptors (Lipinski definition) is 5. The number of rotatable bonds is 0. The van der Waals surface area contributed by atoms with Gasteiger partial charge in [-0.05, 0) is 0 Å². The molecule has 0 N–H and O–H groups in total. The van der Waals surface area contributed by atoms with Crippen molar-refractivity contribution in [2.45, 2.75) is 50.9 Å². The number of fused-ring (bicyclic) bond motifs is 13. The van der Waals surface area contributed by atoms with Crippen LogP contribution >= 0.6 is 0 Å². The van der Waals surface area contributed by atoms with Crippen molar-refractivity contribution in [3.05, 3.63) is 108 Å². The van der Waals surface area contributed by atoms with Gasteiger partial charge >= 0.3 is 244 Å². The number of para-hydroxylation sites is 4. The Labute approximate surface area is 242 Å². The van der Waals surface area contributed by atoms with Crippen molar-refractivity contribution in [3.8, 4) is 11.5 Å². The van der Waals surface area contributed by atoms with Crippen molar-refractivity contribution < 1.29 is 22.4 Å². The predicted molar refractivity (Wildman–Crippen MR) is 157 cm³/mol. The van der Waals surface area contributed by atoms with Crippen LogP contribution in [0, 0.1) is 12.1 Å². The topological polar surface area (TPSA) is 22.2 Å². The third-order valence-electron chi connectivity index (χ3n) is 8.68. The quantitative estimate of drug-likeness (QED) is 0.199. The Kier molecular flexibility index (Phi) is 5.13. The van der Waals surface area contributed by atoms with Gasteiger partial charge in [-0.15, -0.1) is 0 Å². The van der Waals surface area contributed by atoms with Gasteiger partial charge in [-0.25, -0.2) is 0 Å². The maximum absolute atomic E-state index is 6.32. The zero-order valence-electron chi connectivity index (χ0n) is 22.0. The molecule has 0 radical (unpaired) electrons. The van der Waals surface area contributed by atoms with Gasteiger partial charge in [0.25, 0.3) is 0 Å². The van der Waals surface area contributed by atoms with Crippen LogP contribution in [0.3, 0.4) is 0 Å². The van der Waals surface area contributed by atoms with E-state index in [1.165, 1.54) is 56.7 Å². The van der Waals surface area contributed by atoms with Crippen molar-refractivity contribution in [1.82, 2.24) is 0 Å². The molecule has 4 heterocycles. The van der Waals surface area contributed by atoms with Crippen LogP contribution in [0.2, 0.25) is 0 Å². The van der Waals surface area contributed by atoms with Crippen LogP contribution < -0.4 is 24.3 Å². The molecule has 0 amide bonds. The van der Waals surface area contributed by atoms with Crippen molar-refractivity contribution in [2.75, 3.05) is 19.6 Å². The molecule has 9 rings (SSSR count). The van der Waals surface area contributed by atoms with Crippen LogP contribution in [0.25, 0.3) is 0 Å². The van der Waals surface area contributed by atoms with Crippen LogP contribution in [0.4, 0.5) is 22.7 Å². The molecule has 2 unspecified atom stereocenters. The Morgan fingerprint density at radius 1 is 0.575 bits per heavy atom. The minimum absolute atomic E-state index is 0.449. The molecule has 4 aliphatic heterocycles. The second-order valence-electron chi connectivity index (χ2n) is 11.1. The predicted octanol–water partition coefficient (Wildman–Crippen LogP) is 6.33. The zero-order chi connectivity index (χ0) is 26.2. The summed E-state index contributed by atoms with van der Waals surface area (Å²) in [7, 11) is 0. The van der Waals surface area contributed by atoms with Crippen LogP contribution in [-0.4, -0.2) is 20.4 Å². The second-order valence-corrected chi connectivity index (χ2v) is 13.7. The Morgan fingerprint density at radius 2 is 1.05 bits per heavy atom. The van der Waals surface area contributed by atoms with E-state index in [-0.39, 0.29) is 0 Å². The van der Waals surface area contributed by atoms with E-state index in [4.69, 9.17) is 4.74 Å². The molecule has 1 fully saturated rings. The zero-order valence-corrected chi connectivity index (χ0v) is 24.3. The molecule has 6 heteroatoms. The molecule has 4 aromatic carbocycles. The van der Waals surface area contributed by atoms with Gasteiger partial charge in [0.1, 0.15) is 0 Å². The summed E-state index contributed by atoms with van der Waals surface area (Å²) in [6, 6.07) is 38.7. The fourth-order valence-electron chi connectivity index (χ4n) is 6.99. The van der Waals surface area contributed by atoms with Gasteiger partial charge in [0.05, 0.1) is 0 Å². The van der Waals surface area contributed by atoms with Crippen molar-refractivity contribution >= 4 is 31.0 Å². The third kappa shape index (κ3) is 3.43. The van der Waals surface area contributed by atoms with Crippen LogP contribution in [0.15, 0.2) is 84.9 Å². The standard InChI is InChI=1S/C34H28N4O.Pt/c1-3-15-31-29(13-1)35-21-25-9-7-11-27(19-25)39-28-12-8-10-26(20-28)22-36-24-38(32-16-4-2-14-30(32)36)34-18-6-5-17-33(34)37(31)23-35;/h1-4,7-16,33-34H,5-6,17-18,21-22H2;/q-2;. The first kappa shape index (κ1) is 23.1. The summed E-state index contributed by atoms with van der Waals surface area (Å²) < 4.78 is 9.30. The number of ether oxygens (including phenoxy) is 1. The van der Waals surface area contributed by atoms with Gasteiger partial charge in [-0.1, -0.05) is 0 Å².